The van der Waals surface area contributed by atoms with Crippen molar-refractivity contribution in [1.82, 2.24) is 4.90 Å². The maximum Gasteiger partial charge on any atom is 0.0691 e. The van der Waals surface area contributed by atoms with Crippen LogP contribution in [0.15, 0.2) is 108 Å². The Labute approximate surface area is 181 Å². The Morgan fingerprint density at radius 3 is 1.83 bits per heavy atom. The van der Waals surface area contributed by atoms with E-state index in [2.05, 4.69) is 116 Å². The van der Waals surface area contributed by atoms with Gasteiger partial charge in [-0.25, -0.2) is 0 Å². The van der Waals surface area contributed by atoms with E-state index in [0.717, 1.165) is 13.0 Å². The van der Waals surface area contributed by atoms with Crippen molar-refractivity contribution in [2.45, 2.75) is 45.7 Å². The van der Waals surface area contributed by atoms with Gasteiger partial charge in [0.15, 0.2) is 0 Å². The molecule has 152 valence electrons. The zero-order valence-electron chi connectivity index (χ0n) is 18.1. The summed E-state index contributed by atoms with van der Waals surface area (Å²) in [4.78, 5) is 2.57. The lowest BCUT2D eigenvalue weighted by Crippen LogP contribution is -2.01. The van der Waals surface area contributed by atoms with E-state index in [1.54, 1.807) is 5.70 Å². The van der Waals surface area contributed by atoms with Crippen LogP contribution in [0.3, 0.4) is 0 Å². The summed E-state index contributed by atoms with van der Waals surface area (Å²) in [5, 5.41) is 0. The van der Waals surface area contributed by atoms with E-state index >= 15 is 0 Å². The average molecular weight is 394 g/mol. The summed E-state index contributed by atoms with van der Waals surface area (Å²) in [5.74, 6) is 0. The highest BCUT2D eigenvalue weighted by atomic mass is 15.3. The summed E-state index contributed by atoms with van der Waals surface area (Å²) in [6, 6.07) is 32.9. The number of unbranched alkanes of at least 4 members (excludes halogenated alkanes) is 1. The van der Waals surface area contributed by atoms with Crippen LogP contribution in [0, 0.1) is 0 Å². The molecule has 0 N–H and O–H groups in total. The lowest BCUT2D eigenvalue weighted by atomic mass is 9.96. The molecule has 0 amide bonds. The molecular formula is C29H31N. The maximum atomic E-state index is 2.57. The second kappa shape index (κ2) is 9.63. The summed E-state index contributed by atoms with van der Waals surface area (Å²) in [5.41, 5.74) is 8.34. The second-order valence-corrected chi connectivity index (χ2v) is 8.30. The molecule has 1 nitrogen and oxygen atoms in total. The third-order valence-corrected chi connectivity index (χ3v) is 5.84. The first-order chi connectivity index (χ1) is 14.7. The summed E-state index contributed by atoms with van der Waals surface area (Å²) < 4.78 is 0. The molecule has 0 bridgehead atoms. The van der Waals surface area contributed by atoms with Gasteiger partial charge in [-0.05, 0) is 55.4 Å². The quantitative estimate of drug-likeness (QED) is 0.283. The van der Waals surface area contributed by atoms with Crippen LogP contribution in [-0.4, -0.2) is 10.9 Å². The molecule has 1 aliphatic heterocycles. The van der Waals surface area contributed by atoms with Crippen LogP contribution in [0.4, 0.5) is 0 Å². The maximum absolute atomic E-state index is 2.57. The van der Waals surface area contributed by atoms with Crippen molar-refractivity contribution in [3.05, 3.63) is 125 Å². The molecule has 3 aromatic carbocycles. The van der Waals surface area contributed by atoms with E-state index < -0.39 is 0 Å². The van der Waals surface area contributed by atoms with E-state index in [-0.39, 0.29) is 0 Å². The molecule has 0 radical (unpaired) electrons. The molecule has 1 aliphatic rings. The Morgan fingerprint density at radius 2 is 1.30 bits per heavy atom. The molecule has 1 atom stereocenters. The van der Waals surface area contributed by atoms with E-state index in [1.165, 1.54) is 40.7 Å². The number of hydrogen-bond donors (Lipinski definition) is 0. The van der Waals surface area contributed by atoms with Crippen LogP contribution in [0.5, 0.6) is 0 Å². The van der Waals surface area contributed by atoms with Crippen LogP contribution in [-0.2, 0) is 6.54 Å². The summed E-state index contributed by atoms with van der Waals surface area (Å²) >= 11 is 0. The van der Waals surface area contributed by atoms with Gasteiger partial charge in [-0.15, -0.1) is 0 Å². The van der Waals surface area contributed by atoms with Crippen molar-refractivity contribution >= 4 is 5.57 Å². The minimum atomic E-state index is 0.612. The van der Waals surface area contributed by atoms with Crippen molar-refractivity contribution in [3.8, 4) is 0 Å². The Hall–Kier alpha value is -3.06. The van der Waals surface area contributed by atoms with Gasteiger partial charge in [-0.1, -0.05) is 103 Å². The molecule has 1 heterocycles. The molecule has 1 unspecified atom stereocenters. The number of hydrogen-bond acceptors (Lipinski definition) is 1. The highest BCUT2D eigenvalue weighted by molar-refractivity contribution is 5.79. The second-order valence-electron chi connectivity index (χ2n) is 8.30. The first-order valence-electron chi connectivity index (χ1n) is 11.0. The molecule has 0 aromatic heterocycles. The van der Waals surface area contributed by atoms with Crippen molar-refractivity contribution in [2.75, 3.05) is 0 Å². The highest BCUT2D eigenvalue weighted by Crippen LogP contribution is 2.40. The smallest absolute Gasteiger partial charge is 0.0691 e. The Bertz CT molecular complexity index is 955. The first-order valence-corrected chi connectivity index (χ1v) is 11.0. The van der Waals surface area contributed by atoms with Crippen molar-refractivity contribution in [2.24, 2.45) is 0 Å². The molecule has 0 spiro atoms. The number of nitrogens with zero attached hydrogens (tertiary/aromatic N) is 1. The van der Waals surface area contributed by atoms with Gasteiger partial charge in [0, 0.05) is 12.2 Å². The molecule has 3 aromatic rings. The van der Waals surface area contributed by atoms with E-state index in [0.29, 0.717) is 6.04 Å². The Kier molecular flexibility index (Phi) is 6.49. The van der Waals surface area contributed by atoms with Gasteiger partial charge in [-0.2, -0.15) is 0 Å². The van der Waals surface area contributed by atoms with Gasteiger partial charge in [0.1, 0.15) is 0 Å². The molecule has 4 rings (SSSR count). The van der Waals surface area contributed by atoms with Crippen LogP contribution < -0.4 is 0 Å². The fourth-order valence-corrected chi connectivity index (χ4v) is 4.37. The zero-order chi connectivity index (χ0) is 20.8. The standard InChI is InChI=1S/C29H31N/c1-23(2)29-28(30(29)22-24-14-6-3-7-15-24)21-13-12-20-27(25-16-8-4-9-17-25)26-18-10-5-11-19-26/h3-11,14-20,28H,12-13,21-22H2,1-2H3. The van der Waals surface area contributed by atoms with Gasteiger partial charge in [0.05, 0.1) is 6.04 Å². The largest absolute Gasteiger partial charge is 0.360 e. The third kappa shape index (κ3) is 4.91. The number of allylic oxidation sites excluding steroid dienone is 2. The van der Waals surface area contributed by atoms with Gasteiger partial charge in [0.2, 0.25) is 0 Å². The van der Waals surface area contributed by atoms with Crippen LogP contribution >= 0.6 is 0 Å². The average Bonchev–Trinajstić information content (AvgIpc) is 3.48. The molecule has 0 saturated carbocycles. The molecule has 1 heteroatoms. The van der Waals surface area contributed by atoms with Gasteiger partial charge in [0.25, 0.3) is 0 Å². The SMILES string of the molecule is CC(C)=C1C(CCCC=C(c2ccccc2)c2ccccc2)N1Cc1ccccc1. The summed E-state index contributed by atoms with van der Waals surface area (Å²) in [6.07, 6.45) is 5.96. The van der Waals surface area contributed by atoms with Crippen molar-refractivity contribution in [3.63, 3.8) is 0 Å². The van der Waals surface area contributed by atoms with Gasteiger partial charge >= 0.3 is 0 Å². The van der Waals surface area contributed by atoms with Crippen LogP contribution in [0.2, 0.25) is 0 Å². The van der Waals surface area contributed by atoms with Crippen LogP contribution in [0.1, 0.15) is 49.8 Å². The predicted octanol–water partition coefficient (Wildman–Crippen LogP) is 7.47. The normalized spacial score (nSPS) is 15.1. The fraction of sp³-hybridized carbons (Fsp3) is 0.241. The predicted molar refractivity (Wildman–Crippen MR) is 128 cm³/mol. The Morgan fingerprint density at radius 1 is 0.767 bits per heavy atom. The van der Waals surface area contributed by atoms with Crippen LogP contribution in [0.25, 0.3) is 5.57 Å². The van der Waals surface area contributed by atoms with E-state index in [1.807, 2.05) is 0 Å². The van der Waals surface area contributed by atoms with Gasteiger partial charge < -0.3 is 4.90 Å². The lowest BCUT2D eigenvalue weighted by molar-refractivity contribution is 0.489. The topological polar surface area (TPSA) is 3.01 Å². The minimum Gasteiger partial charge on any atom is -0.360 e. The summed E-state index contributed by atoms with van der Waals surface area (Å²) in [7, 11) is 0. The summed E-state index contributed by atoms with van der Waals surface area (Å²) in [6.45, 7) is 5.52. The first kappa shape index (κ1) is 20.2. The molecule has 1 saturated heterocycles. The van der Waals surface area contributed by atoms with E-state index in [4.69, 9.17) is 0 Å². The zero-order valence-corrected chi connectivity index (χ0v) is 18.1. The third-order valence-electron chi connectivity index (χ3n) is 5.84. The number of rotatable bonds is 8. The molecular weight excluding hydrogens is 362 g/mol. The monoisotopic (exact) mass is 393 g/mol. The number of benzene rings is 3. The highest BCUT2D eigenvalue weighted by Gasteiger charge is 2.40. The van der Waals surface area contributed by atoms with Gasteiger partial charge in [-0.3, -0.25) is 0 Å². The Balaban J connectivity index is 1.41. The van der Waals surface area contributed by atoms with Crippen molar-refractivity contribution < 1.29 is 0 Å². The minimum absolute atomic E-state index is 0.612. The van der Waals surface area contributed by atoms with E-state index in [9.17, 15) is 0 Å². The van der Waals surface area contributed by atoms with Crippen molar-refractivity contribution in [1.29, 1.82) is 0 Å². The fourth-order valence-electron chi connectivity index (χ4n) is 4.37. The molecule has 30 heavy (non-hydrogen) atoms. The molecule has 0 aliphatic carbocycles. The molecule has 1 fully saturated rings. The lowest BCUT2D eigenvalue weighted by Gasteiger charge is -2.09.